The van der Waals surface area contributed by atoms with Crippen LogP contribution in [0.2, 0.25) is 0 Å². The zero-order valence-corrected chi connectivity index (χ0v) is 13.3. The van der Waals surface area contributed by atoms with Crippen LogP contribution in [0.4, 0.5) is 17.1 Å². The van der Waals surface area contributed by atoms with Crippen LogP contribution in [0.25, 0.3) is 0 Å². The number of nitrogens with one attached hydrogen (secondary N) is 1. The first-order chi connectivity index (χ1) is 10.0. The second-order valence-electron chi connectivity index (χ2n) is 4.97. The predicted molar refractivity (Wildman–Crippen MR) is 86.2 cm³/mol. The number of non-ortho nitro benzene ring substituents is 1. The molecule has 6 nitrogen and oxygen atoms in total. The van der Waals surface area contributed by atoms with Crippen molar-refractivity contribution in [3.05, 3.63) is 28.3 Å². The van der Waals surface area contributed by atoms with Crippen molar-refractivity contribution in [2.45, 2.75) is 33.2 Å². The fraction of sp³-hybridized carbons (Fsp3) is 0.600. The van der Waals surface area contributed by atoms with Crippen LogP contribution < -0.4 is 10.2 Å². The molecule has 0 aromatic heterocycles. The molecule has 0 aliphatic heterocycles. The lowest BCUT2D eigenvalue weighted by molar-refractivity contribution is -0.384. The minimum Gasteiger partial charge on any atom is -0.385 e. The summed E-state index contributed by atoms with van der Waals surface area (Å²) in [7, 11) is 1.66. The van der Waals surface area contributed by atoms with Gasteiger partial charge in [-0.3, -0.25) is 10.1 Å². The maximum Gasteiger partial charge on any atom is 0.273 e. The average molecular weight is 295 g/mol. The highest BCUT2D eigenvalue weighted by atomic mass is 16.6. The lowest BCUT2D eigenvalue weighted by Crippen LogP contribution is -2.35. The van der Waals surface area contributed by atoms with E-state index in [2.05, 4.69) is 24.1 Å². The van der Waals surface area contributed by atoms with E-state index in [0.29, 0.717) is 13.2 Å². The Morgan fingerprint density at radius 1 is 1.38 bits per heavy atom. The summed E-state index contributed by atoms with van der Waals surface area (Å²) in [5.41, 5.74) is 1.73. The quantitative estimate of drug-likeness (QED) is 0.559. The van der Waals surface area contributed by atoms with Crippen molar-refractivity contribution in [3.63, 3.8) is 0 Å². The highest BCUT2D eigenvalue weighted by molar-refractivity contribution is 5.64. The van der Waals surface area contributed by atoms with Gasteiger partial charge in [0.05, 0.1) is 11.5 Å². The van der Waals surface area contributed by atoms with E-state index in [4.69, 9.17) is 4.74 Å². The molecule has 1 unspecified atom stereocenters. The molecule has 0 spiro atoms. The molecule has 118 valence electrons. The number of benzene rings is 1. The number of nitrogens with zero attached hydrogens (tertiary/aromatic N) is 2. The molecule has 1 aromatic carbocycles. The highest BCUT2D eigenvalue weighted by Crippen LogP contribution is 2.28. The van der Waals surface area contributed by atoms with Crippen LogP contribution in [0.3, 0.4) is 0 Å². The summed E-state index contributed by atoms with van der Waals surface area (Å²) in [5, 5.41) is 14.3. The van der Waals surface area contributed by atoms with Crippen LogP contribution >= 0.6 is 0 Å². The van der Waals surface area contributed by atoms with E-state index in [-0.39, 0.29) is 16.7 Å². The number of hydrogen-bond acceptors (Lipinski definition) is 5. The summed E-state index contributed by atoms with van der Waals surface area (Å²) < 4.78 is 5.15. The second kappa shape index (κ2) is 8.46. The van der Waals surface area contributed by atoms with Gasteiger partial charge in [-0.15, -0.1) is 0 Å². The molecule has 0 fully saturated rings. The Morgan fingerprint density at radius 2 is 2.10 bits per heavy atom. The van der Waals surface area contributed by atoms with Gasteiger partial charge in [-0.2, -0.15) is 0 Å². The molecule has 0 bridgehead atoms. The number of methoxy groups -OCH3 is 1. The lowest BCUT2D eigenvalue weighted by Gasteiger charge is -2.30. The largest absolute Gasteiger partial charge is 0.385 e. The van der Waals surface area contributed by atoms with E-state index in [0.717, 1.165) is 24.3 Å². The third-order valence-electron chi connectivity index (χ3n) is 3.49. The summed E-state index contributed by atoms with van der Waals surface area (Å²) in [6.07, 6.45) is 0.961. The molecular weight excluding hydrogens is 270 g/mol. The third-order valence-corrected chi connectivity index (χ3v) is 3.49. The zero-order chi connectivity index (χ0) is 15.8. The predicted octanol–water partition coefficient (Wildman–Crippen LogP) is 3.28. The number of nitro groups is 1. The molecule has 1 aromatic rings. The Bertz CT molecular complexity index is 465. The molecule has 1 N–H and O–H groups in total. The molecule has 0 aliphatic carbocycles. The maximum absolute atomic E-state index is 11.1. The van der Waals surface area contributed by atoms with E-state index in [1.165, 1.54) is 0 Å². The fourth-order valence-corrected chi connectivity index (χ4v) is 2.19. The van der Waals surface area contributed by atoms with Crippen molar-refractivity contribution in [2.24, 2.45) is 0 Å². The van der Waals surface area contributed by atoms with E-state index < -0.39 is 0 Å². The molecule has 0 heterocycles. The summed E-state index contributed by atoms with van der Waals surface area (Å²) in [6.45, 7) is 8.20. The van der Waals surface area contributed by atoms with Gasteiger partial charge in [-0.25, -0.2) is 0 Å². The molecule has 0 aliphatic rings. The fourth-order valence-electron chi connectivity index (χ4n) is 2.19. The Hall–Kier alpha value is -1.82. The number of hydrogen-bond donors (Lipinski definition) is 1. The van der Waals surface area contributed by atoms with Crippen LogP contribution in [0.15, 0.2) is 18.2 Å². The molecule has 1 rings (SSSR count). The highest BCUT2D eigenvalue weighted by Gasteiger charge is 2.17. The molecular formula is C15H25N3O3. The van der Waals surface area contributed by atoms with Crippen LogP contribution in [0.5, 0.6) is 0 Å². The van der Waals surface area contributed by atoms with Crippen molar-refractivity contribution in [1.82, 2.24) is 0 Å². The first-order valence-electron chi connectivity index (χ1n) is 7.32. The van der Waals surface area contributed by atoms with Gasteiger partial charge >= 0.3 is 0 Å². The molecule has 0 saturated heterocycles. The average Bonchev–Trinajstić information content (AvgIpc) is 2.47. The van der Waals surface area contributed by atoms with Crippen molar-refractivity contribution < 1.29 is 9.66 Å². The first kappa shape index (κ1) is 17.2. The molecule has 6 heteroatoms. The molecule has 0 radical (unpaired) electrons. The summed E-state index contributed by atoms with van der Waals surface area (Å²) in [6, 6.07) is 5.44. The Kier molecular flexibility index (Phi) is 6.94. The van der Waals surface area contributed by atoms with Crippen LogP contribution in [-0.4, -0.2) is 37.8 Å². The summed E-state index contributed by atoms with van der Waals surface area (Å²) in [4.78, 5) is 12.9. The van der Waals surface area contributed by atoms with Gasteiger partial charge in [0.25, 0.3) is 5.69 Å². The van der Waals surface area contributed by atoms with Gasteiger partial charge in [-0.05, 0) is 26.3 Å². The molecule has 21 heavy (non-hydrogen) atoms. The van der Waals surface area contributed by atoms with E-state index in [1.54, 1.807) is 19.2 Å². The van der Waals surface area contributed by atoms with E-state index in [1.807, 2.05) is 13.0 Å². The minimum absolute atomic E-state index is 0.106. The number of ether oxygens (including phenoxy) is 1. The van der Waals surface area contributed by atoms with Gasteiger partial charge in [0, 0.05) is 49.7 Å². The van der Waals surface area contributed by atoms with Crippen LogP contribution in [0.1, 0.15) is 27.2 Å². The summed E-state index contributed by atoms with van der Waals surface area (Å²) in [5.74, 6) is 0. The molecule has 0 amide bonds. The zero-order valence-electron chi connectivity index (χ0n) is 13.3. The van der Waals surface area contributed by atoms with Crippen molar-refractivity contribution in [1.29, 1.82) is 0 Å². The second-order valence-corrected chi connectivity index (χ2v) is 4.97. The number of anilines is 2. The van der Waals surface area contributed by atoms with E-state index in [9.17, 15) is 10.1 Å². The lowest BCUT2D eigenvalue weighted by atomic mass is 10.1. The smallest absolute Gasteiger partial charge is 0.273 e. The van der Waals surface area contributed by atoms with Gasteiger partial charge in [0.15, 0.2) is 0 Å². The van der Waals surface area contributed by atoms with Gasteiger partial charge in [0.1, 0.15) is 0 Å². The topological polar surface area (TPSA) is 67.6 Å². The number of nitro benzene ring substituents is 1. The standard InChI is InChI=1S/C15H25N3O3/c1-5-12(3)17(7-8-21-4)14-9-13(16-6-2)10-15(11-14)18(19)20/h9-12,16H,5-8H2,1-4H3. The van der Waals surface area contributed by atoms with Gasteiger partial charge in [-0.1, -0.05) is 6.92 Å². The van der Waals surface area contributed by atoms with Gasteiger partial charge < -0.3 is 15.0 Å². The van der Waals surface area contributed by atoms with Crippen molar-refractivity contribution in [3.8, 4) is 0 Å². The summed E-state index contributed by atoms with van der Waals surface area (Å²) >= 11 is 0. The first-order valence-corrected chi connectivity index (χ1v) is 7.32. The van der Waals surface area contributed by atoms with Gasteiger partial charge in [0.2, 0.25) is 0 Å². The SMILES string of the molecule is CCNc1cc(N(CCOC)C(C)CC)cc([N+](=O)[O-])c1. The number of rotatable bonds is 9. The maximum atomic E-state index is 11.1. The van der Waals surface area contributed by atoms with Crippen LogP contribution in [0, 0.1) is 10.1 Å². The van der Waals surface area contributed by atoms with E-state index >= 15 is 0 Å². The normalized spacial score (nSPS) is 12.0. The molecule has 1 atom stereocenters. The Labute approximate surface area is 126 Å². The Balaban J connectivity index is 3.17. The third kappa shape index (κ3) is 4.90. The van der Waals surface area contributed by atoms with Crippen LogP contribution in [-0.2, 0) is 4.74 Å². The Morgan fingerprint density at radius 3 is 2.62 bits per heavy atom. The van der Waals surface area contributed by atoms with Crippen molar-refractivity contribution >= 4 is 17.1 Å². The van der Waals surface area contributed by atoms with Crippen molar-refractivity contribution in [2.75, 3.05) is 37.0 Å². The molecule has 0 saturated carbocycles. The minimum atomic E-state index is -0.352. The monoisotopic (exact) mass is 295 g/mol.